The van der Waals surface area contributed by atoms with Gasteiger partial charge in [-0.15, -0.1) is 0 Å². The summed E-state index contributed by atoms with van der Waals surface area (Å²) < 4.78 is 11.7. The molecule has 22 heavy (non-hydrogen) atoms. The third-order valence-electron chi connectivity index (χ3n) is 3.65. The van der Waals surface area contributed by atoms with Crippen molar-refractivity contribution < 1.29 is 9.47 Å². The third-order valence-corrected chi connectivity index (χ3v) is 3.65. The van der Waals surface area contributed by atoms with E-state index in [0.717, 1.165) is 35.8 Å². The average molecular weight is 292 g/mol. The summed E-state index contributed by atoms with van der Waals surface area (Å²) >= 11 is 0. The predicted molar refractivity (Wildman–Crippen MR) is 89.4 cm³/mol. The molecule has 2 heteroatoms. The molecule has 0 fully saturated rings. The van der Waals surface area contributed by atoms with Gasteiger partial charge in [-0.25, -0.2) is 0 Å². The number of ether oxygens (including phenoxy) is 2. The molecule has 0 N–H and O–H groups in total. The van der Waals surface area contributed by atoms with E-state index >= 15 is 0 Å². The summed E-state index contributed by atoms with van der Waals surface area (Å²) in [7, 11) is 0. The highest BCUT2D eigenvalue weighted by Crippen LogP contribution is 2.26. The Morgan fingerprint density at radius 2 is 1.18 bits per heavy atom. The van der Waals surface area contributed by atoms with E-state index in [2.05, 4.69) is 26.0 Å². The highest BCUT2D eigenvalue weighted by atomic mass is 16.5. The summed E-state index contributed by atoms with van der Waals surface area (Å²) in [6, 6.07) is 15.8. The van der Waals surface area contributed by atoms with E-state index in [9.17, 15) is 0 Å². The van der Waals surface area contributed by atoms with E-state index in [1.54, 1.807) is 0 Å². The topological polar surface area (TPSA) is 18.5 Å². The molecule has 1 aliphatic carbocycles. The fraction of sp³-hybridized carbons (Fsp3) is 0.200. The highest BCUT2D eigenvalue weighted by molar-refractivity contribution is 5.37. The molecule has 2 aromatic rings. The average Bonchev–Trinajstić information content (AvgIpc) is 2.54. The Bertz CT molecular complexity index is 691. The van der Waals surface area contributed by atoms with E-state index < -0.39 is 0 Å². The van der Waals surface area contributed by atoms with Crippen LogP contribution in [0.15, 0.2) is 72.0 Å². The molecule has 0 saturated carbocycles. The molecule has 3 rings (SSSR count). The molecule has 0 heterocycles. The number of allylic oxidation sites excluding steroid dienone is 4. The van der Waals surface area contributed by atoms with Crippen molar-refractivity contribution in [1.82, 2.24) is 0 Å². The Hall–Kier alpha value is -2.48. The summed E-state index contributed by atoms with van der Waals surface area (Å²) in [4.78, 5) is 0. The van der Waals surface area contributed by atoms with Crippen molar-refractivity contribution in [2.45, 2.75) is 26.7 Å². The zero-order chi connectivity index (χ0) is 15.4. The van der Waals surface area contributed by atoms with Gasteiger partial charge < -0.3 is 9.47 Å². The van der Waals surface area contributed by atoms with Crippen molar-refractivity contribution in [1.29, 1.82) is 0 Å². The second-order valence-corrected chi connectivity index (χ2v) is 5.63. The van der Waals surface area contributed by atoms with E-state index in [1.807, 2.05) is 48.5 Å². The first-order valence-electron chi connectivity index (χ1n) is 7.58. The van der Waals surface area contributed by atoms with Crippen LogP contribution in [-0.2, 0) is 0 Å². The van der Waals surface area contributed by atoms with Gasteiger partial charge in [-0.05, 0) is 62.7 Å². The van der Waals surface area contributed by atoms with Gasteiger partial charge in [-0.2, -0.15) is 0 Å². The van der Waals surface area contributed by atoms with Gasteiger partial charge in [0.05, 0.1) is 0 Å². The molecular formula is C20H20O2. The van der Waals surface area contributed by atoms with Crippen molar-refractivity contribution in [3.63, 3.8) is 0 Å². The molecule has 2 nitrogen and oxygen atoms in total. The standard InChI is InChI=1S/C20H20O2/c1-15-3-7-17(8-4-15)21-19-11-13-20(14-12-19)22-18-9-5-16(2)6-10-18/h3-5,7-9,11-14H,6,10H2,1-2H3. The molecular weight excluding hydrogens is 272 g/mol. The zero-order valence-electron chi connectivity index (χ0n) is 13.0. The maximum atomic E-state index is 5.89. The molecule has 0 aromatic heterocycles. The highest BCUT2D eigenvalue weighted by Gasteiger charge is 2.06. The van der Waals surface area contributed by atoms with Crippen LogP contribution in [0.4, 0.5) is 0 Å². The maximum Gasteiger partial charge on any atom is 0.127 e. The summed E-state index contributed by atoms with van der Waals surface area (Å²) in [6.45, 7) is 4.21. The van der Waals surface area contributed by atoms with Crippen molar-refractivity contribution in [3.05, 3.63) is 77.6 Å². The minimum atomic E-state index is 0.810. The number of rotatable bonds is 4. The quantitative estimate of drug-likeness (QED) is 0.710. The second kappa shape index (κ2) is 6.52. The fourth-order valence-corrected chi connectivity index (χ4v) is 2.28. The van der Waals surface area contributed by atoms with Crippen LogP contribution in [0, 0.1) is 6.92 Å². The predicted octanol–water partition coefficient (Wildman–Crippen LogP) is 5.79. The SMILES string of the molecule is CC1=CC=C(Oc2ccc(Oc3ccc(C)cc3)cc2)CC1. The van der Waals surface area contributed by atoms with Gasteiger partial charge in [0.1, 0.15) is 23.0 Å². The van der Waals surface area contributed by atoms with Gasteiger partial charge in [-0.1, -0.05) is 29.3 Å². The van der Waals surface area contributed by atoms with Crippen molar-refractivity contribution in [2.75, 3.05) is 0 Å². The Balaban J connectivity index is 1.64. The largest absolute Gasteiger partial charge is 0.462 e. The Morgan fingerprint density at radius 1 is 0.636 bits per heavy atom. The lowest BCUT2D eigenvalue weighted by Crippen LogP contribution is -1.99. The van der Waals surface area contributed by atoms with Crippen LogP contribution in [0.1, 0.15) is 25.3 Å². The Labute approximate surface area is 131 Å². The fourth-order valence-electron chi connectivity index (χ4n) is 2.28. The van der Waals surface area contributed by atoms with Crippen molar-refractivity contribution in [2.24, 2.45) is 0 Å². The summed E-state index contributed by atoms with van der Waals surface area (Å²) in [5, 5.41) is 0. The lowest BCUT2D eigenvalue weighted by Gasteiger charge is -2.14. The molecule has 0 saturated heterocycles. The van der Waals surface area contributed by atoms with E-state index in [1.165, 1.54) is 11.1 Å². The van der Waals surface area contributed by atoms with Crippen LogP contribution in [0.3, 0.4) is 0 Å². The number of benzene rings is 2. The minimum absolute atomic E-state index is 0.810. The summed E-state index contributed by atoms with van der Waals surface area (Å²) in [6.07, 6.45) is 6.20. The molecule has 0 radical (unpaired) electrons. The first kappa shape index (κ1) is 14.5. The van der Waals surface area contributed by atoms with Crippen LogP contribution < -0.4 is 9.47 Å². The smallest absolute Gasteiger partial charge is 0.127 e. The first-order valence-corrected chi connectivity index (χ1v) is 7.58. The van der Waals surface area contributed by atoms with Crippen LogP contribution in [0.5, 0.6) is 17.2 Å². The monoisotopic (exact) mass is 292 g/mol. The van der Waals surface area contributed by atoms with E-state index in [0.29, 0.717) is 0 Å². The van der Waals surface area contributed by atoms with Crippen molar-refractivity contribution >= 4 is 0 Å². The normalized spacial score (nSPS) is 14.1. The van der Waals surface area contributed by atoms with Gasteiger partial charge in [-0.3, -0.25) is 0 Å². The third kappa shape index (κ3) is 3.79. The van der Waals surface area contributed by atoms with Crippen LogP contribution in [-0.4, -0.2) is 0 Å². The van der Waals surface area contributed by atoms with Gasteiger partial charge in [0.25, 0.3) is 0 Å². The molecule has 0 spiro atoms. The molecule has 0 bridgehead atoms. The molecule has 2 aromatic carbocycles. The van der Waals surface area contributed by atoms with Gasteiger partial charge in [0.15, 0.2) is 0 Å². The first-order chi connectivity index (χ1) is 10.7. The summed E-state index contributed by atoms with van der Waals surface area (Å²) in [5.41, 5.74) is 2.62. The molecule has 0 unspecified atom stereocenters. The number of aryl methyl sites for hydroxylation is 1. The van der Waals surface area contributed by atoms with E-state index in [4.69, 9.17) is 9.47 Å². The van der Waals surface area contributed by atoms with Gasteiger partial charge in [0.2, 0.25) is 0 Å². The molecule has 0 amide bonds. The molecule has 112 valence electrons. The van der Waals surface area contributed by atoms with Crippen molar-refractivity contribution in [3.8, 4) is 17.2 Å². The molecule has 0 atom stereocenters. The number of hydrogen-bond acceptors (Lipinski definition) is 2. The Kier molecular flexibility index (Phi) is 4.29. The Morgan fingerprint density at radius 3 is 1.73 bits per heavy atom. The molecule has 1 aliphatic rings. The molecule has 0 aliphatic heterocycles. The summed E-state index contributed by atoms with van der Waals surface area (Å²) in [5.74, 6) is 3.51. The number of hydrogen-bond donors (Lipinski definition) is 0. The maximum absolute atomic E-state index is 5.89. The van der Waals surface area contributed by atoms with Crippen LogP contribution in [0.2, 0.25) is 0 Å². The van der Waals surface area contributed by atoms with Gasteiger partial charge in [0, 0.05) is 6.42 Å². The minimum Gasteiger partial charge on any atom is -0.462 e. The lowest BCUT2D eigenvalue weighted by molar-refractivity contribution is 0.399. The second-order valence-electron chi connectivity index (χ2n) is 5.63. The van der Waals surface area contributed by atoms with Gasteiger partial charge >= 0.3 is 0 Å². The van der Waals surface area contributed by atoms with Crippen LogP contribution >= 0.6 is 0 Å². The van der Waals surface area contributed by atoms with E-state index in [-0.39, 0.29) is 0 Å². The van der Waals surface area contributed by atoms with Crippen LogP contribution in [0.25, 0.3) is 0 Å². The lowest BCUT2D eigenvalue weighted by atomic mass is 10.1. The zero-order valence-corrected chi connectivity index (χ0v) is 13.0.